The van der Waals surface area contributed by atoms with Crippen LogP contribution in [0, 0.1) is 11.8 Å². The van der Waals surface area contributed by atoms with Gasteiger partial charge >= 0.3 is 5.97 Å². The van der Waals surface area contributed by atoms with Crippen LogP contribution >= 0.6 is 0 Å². The Morgan fingerprint density at radius 3 is 2.44 bits per heavy atom. The van der Waals surface area contributed by atoms with Crippen LogP contribution in [0.4, 0.5) is 0 Å². The van der Waals surface area contributed by atoms with Crippen molar-refractivity contribution in [3.05, 3.63) is 94.7 Å². The average molecular weight is 605 g/mol. The van der Waals surface area contributed by atoms with Gasteiger partial charge in [-0.15, -0.1) is 0 Å². The molecule has 4 atom stereocenters. The van der Waals surface area contributed by atoms with Gasteiger partial charge in [0, 0.05) is 18.3 Å². The van der Waals surface area contributed by atoms with E-state index in [9.17, 15) is 4.79 Å². The van der Waals surface area contributed by atoms with E-state index in [1.165, 1.54) is 10.8 Å². The summed E-state index contributed by atoms with van der Waals surface area (Å²) in [6.45, 7) is 13.9. The van der Waals surface area contributed by atoms with Crippen molar-refractivity contribution in [1.82, 2.24) is 0 Å². The van der Waals surface area contributed by atoms with Crippen LogP contribution in [-0.4, -0.2) is 40.5 Å². The Kier molecular flexibility index (Phi) is 13.3. The smallest absolute Gasteiger partial charge is 0.306 e. The fraction of sp³-hybridized carbons (Fsp3) is 0.486. The van der Waals surface area contributed by atoms with E-state index < -0.39 is 8.07 Å². The van der Waals surface area contributed by atoms with Gasteiger partial charge in [-0.3, -0.25) is 4.79 Å². The van der Waals surface area contributed by atoms with E-state index in [0.29, 0.717) is 24.5 Å². The second-order valence-electron chi connectivity index (χ2n) is 12.6. The molecular formula is C37H52O5Si. The van der Waals surface area contributed by atoms with Crippen LogP contribution in [0.1, 0.15) is 64.5 Å². The number of benzene rings is 2. The zero-order chi connectivity index (χ0) is 31.4. The number of methoxy groups -OCH3 is 2. The molecular weight excluding hydrogens is 552 g/mol. The molecule has 3 rings (SSSR count). The highest BCUT2D eigenvalue weighted by Crippen LogP contribution is 2.30. The first-order chi connectivity index (χ1) is 20.5. The molecule has 0 radical (unpaired) electrons. The lowest BCUT2D eigenvalue weighted by Crippen LogP contribution is -2.34. The number of carbonyl (C=O) groups excluding carboxylic acids is 1. The summed E-state index contributed by atoms with van der Waals surface area (Å²) < 4.78 is 23.3. The Bertz CT molecular complexity index is 1260. The lowest BCUT2D eigenvalue weighted by Gasteiger charge is -2.29. The van der Waals surface area contributed by atoms with Crippen LogP contribution in [0.2, 0.25) is 13.1 Å². The summed E-state index contributed by atoms with van der Waals surface area (Å²) in [6, 6.07) is 17.7. The molecule has 234 valence electrons. The molecule has 0 N–H and O–H groups in total. The molecule has 1 aliphatic rings. The maximum atomic E-state index is 12.9. The predicted molar refractivity (Wildman–Crippen MR) is 179 cm³/mol. The second-order valence-corrected chi connectivity index (χ2v) is 17.3. The minimum atomic E-state index is -1.82. The van der Waals surface area contributed by atoms with Crippen LogP contribution in [0.3, 0.4) is 0 Å². The summed E-state index contributed by atoms with van der Waals surface area (Å²) in [7, 11) is 1.45. The van der Waals surface area contributed by atoms with Gasteiger partial charge in [0.05, 0.1) is 35.0 Å². The molecule has 2 aromatic rings. The summed E-state index contributed by atoms with van der Waals surface area (Å²) in [4.78, 5) is 12.9. The number of carbonyl (C=O) groups is 1. The molecule has 0 fully saturated rings. The first kappa shape index (κ1) is 34.4. The fourth-order valence-corrected chi connectivity index (χ4v) is 8.38. The highest BCUT2D eigenvalue weighted by Gasteiger charge is 2.29. The predicted octanol–water partition coefficient (Wildman–Crippen LogP) is 8.83. The van der Waals surface area contributed by atoms with E-state index >= 15 is 0 Å². The van der Waals surface area contributed by atoms with Gasteiger partial charge in [-0.05, 0) is 62.4 Å². The molecule has 43 heavy (non-hydrogen) atoms. The van der Waals surface area contributed by atoms with Crippen molar-refractivity contribution in [2.24, 2.45) is 11.8 Å². The minimum absolute atomic E-state index is 0.0356. The van der Waals surface area contributed by atoms with E-state index in [1.807, 2.05) is 18.2 Å². The molecule has 0 spiro atoms. The quantitative estimate of drug-likeness (QED) is 0.146. The van der Waals surface area contributed by atoms with Gasteiger partial charge in [0.2, 0.25) is 0 Å². The largest absolute Gasteiger partial charge is 0.493 e. The summed E-state index contributed by atoms with van der Waals surface area (Å²) in [5, 5.41) is 1.41. The van der Waals surface area contributed by atoms with E-state index in [-0.39, 0.29) is 30.0 Å². The summed E-state index contributed by atoms with van der Waals surface area (Å²) >= 11 is 0. The lowest BCUT2D eigenvalue weighted by atomic mass is 9.93. The maximum Gasteiger partial charge on any atom is 0.306 e. The monoisotopic (exact) mass is 604 g/mol. The van der Waals surface area contributed by atoms with Gasteiger partial charge in [0.1, 0.15) is 6.10 Å². The molecule has 2 aromatic carbocycles. The Labute approximate surface area is 261 Å². The van der Waals surface area contributed by atoms with E-state index in [1.54, 1.807) is 14.2 Å². The zero-order valence-electron chi connectivity index (χ0n) is 27.5. The number of cyclic esters (lactones) is 1. The molecule has 1 unspecified atom stereocenters. The third-order valence-electron chi connectivity index (χ3n) is 8.42. The van der Waals surface area contributed by atoms with E-state index in [2.05, 4.69) is 95.4 Å². The van der Waals surface area contributed by atoms with Crippen molar-refractivity contribution in [2.75, 3.05) is 14.2 Å². The molecule has 0 bridgehead atoms. The minimum Gasteiger partial charge on any atom is -0.493 e. The third kappa shape index (κ3) is 10.5. The summed E-state index contributed by atoms with van der Waals surface area (Å²) in [6.07, 6.45) is 12.2. The van der Waals surface area contributed by atoms with Gasteiger partial charge in [0.25, 0.3) is 0 Å². The lowest BCUT2D eigenvalue weighted by molar-refractivity contribution is -0.148. The molecule has 0 saturated heterocycles. The van der Waals surface area contributed by atoms with E-state index in [0.717, 1.165) is 36.4 Å². The van der Waals surface area contributed by atoms with Gasteiger partial charge in [-0.2, -0.15) is 0 Å². The topological polar surface area (TPSA) is 54.0 Å². The first-order valence-electron chi connectivity index (χ1n) is 15.7. The van der Waals surface area contributed by atoms with Crippen molar-refractivity contribution in [3.8, 4) is 11.5 Å². The number of esters is 1. The van der Waals surface area contributed by atoms with Crippen LogP contribution in [0.25, 0.3) is 0 Å². The SMILES string of the molecule is COc1ccc(CO[C@H](C)[C@@H](C)/C=C(\C)C2OC(=O)CCCC/C=C/C([Si](C)(C)Cc3ccccc3)=C\[C@H]2C)cc1OC. The molecule has 0 amide bonds. The highest BCUT2D eigenvalue weighted by molar-refractivity contribution is 6.84. The van der Waals surface area contributed by atoms with Crippen LogP contribution in [-0.2, 0) is 26.9 Å². The number of ether oxygens (including phenoxy) is 4. The van der Waals surface area contributed by atoms with Crippen molar-refractivity contribution < 1.29 is 23.7 Å². The molecule has 0 saturated carbocycles. The molecule has 5 nitrogen and oxygen atoms in total. The second kappa shape index (κ2) is 16.7. The van der Waals surface area contributed by atoms with Crippen LogP contribution in [0.15, 0.2) is 83.6 Å². The van der Waals surface area contributed by atoms with Crippen molar-refractivity contribution in [3.63, 3.8) is 0 Å². The number of hydrogen-bond donors (Lipinski definition) is 0. The van der Waals surface area contributed by atoms with Gasteiger partial charge < -0.3 is 18.9 Å². The average Bonchev–Trinajstić information content (AvgIpc) is 2.98. The molecule has 1 aliphatic heterocycles. The molecule has 0 aliphatic carbocycles. The Morgan fingerprint density at radius 2 is 1.74 bits per heavy atom. The van der Waals surface area contributed by atoms with E-state index in [4.69, 9.17) is 18.9 Å². The normalized spacial score (nSPS) is 22.2. The van der Waals surface area contributed by atoms with Crippen molar-refractivity contribution >= 4 is 14.0 Å². The standard InChI is InChI=1S/C37H52O5Si/c1-27(30(4)41-25-32-20-21-34(39-5)35(24-32)40-6)22-28(2)37-29(3)23-33(18-14-9-10-15-19-36(38)42-37)43(7,8)26-31-16-12-11-13-17-31/h11-14,16-18,20-24,27,29-30,37H,9-10,15,19,25-26H2,1-8H3/b18-14+,28-22+,33-23+/t27-,29+,30+,37?/m0/s1. The number of allylic oxidation sites excluding steroid dienone is 3. The summed E-state index contributed by atoms with van der Waals surface area (Å²) in [5.74, 6) is 1.44. The highest BCUT2D eigenvalue weighted by atomic mass is 28.3. The van der Waals surface area contributed by atoms with Crippen molar-refractivity contribution in [1.29, 1.82) is 0 Å². The van der Waals surface area contributed by atoms with Gasteiger partial charge in [-0.1, -0.05) is 98.4 Å². The van der Waals surface area contributed by atoms with Gasteiger partial charge in [-0.25, -0.2) is 0 Å². The fourth-order valence-electron chi connectivity index (χ4n) is 5.64. The Morgan fingerprint density at radius 1 is 1.02 bits per heavy atom. The van der Waals surface area contributed by atoms with Crippen LogP contribution in [0.5, 0.6) is 11.5 Å². The van der Waals surface area contributed by atoms with Crippen LogP contribution < -0.4 is 9.47 Å². The Hall–Kier alpha value is -3.09. The molecule has 0 aromatic heterocycles. The number of rotatable bonds is 11. The van der Waals surface area contributed by atoms with Crippen molar-refractivity contribution in [2.45, 2.75) is 91.3 Å². The number of hydrogen-bond acceptors (Lipinski definition) is 5. The Balaban J connectivity index is 1.81. The van der Waals surface area contributed by atoms with Gasteiger partial charge in [0.15, 0.2) is 11.5 Å². The third-order valence-corrected chi connectivity index (χ3v) is 11.6. The zero-order valence-corrected chi connectivity index (χ0v) is 28.5. The first-order valence-corrected chi connectivity index (χ1v) is 18.9. The summed E-state index contributed by atoms with van der Waals surface area (Å²) in [5.41, 5.74) is 3.46. The maximum absolute atomic E-state index is 12.9. The molecule has 6 heteroatoms. The molecule has 1 heterocycles.